The predicted molar refractivity (Wildman–Crippen MR) is 83.3 cm³/mol. The van der Waals surface area contributed by atoms with Gasteiger partial charge in [0.05, 0.1) is 5.56 Å². The lowest BCUT2D eigenvalue weighted by atomic mass is 9.97. The van der Waals surface area contributed by atoms with E-state index in [9.17, 15) is 4.79 Å². The Bertz CT molecular complexity index is 465. The summed E-state index contributed by atoms with van der Waals surface area (Å²) in [6.07, 6.45) is 2.34. The first-order valence-corrected chi connectivity index (χ1v) is 7.35. The minimum Gasteiger partial charge on any atom is -0.387 e. The van der Waals surface area contributed by atoms with Crippen molar-refractivity contribution in [2.45, 2.75) is 19.8 Å². The minimum atomic E-state index is 0.0250. The molecule has 1 amide bonds. The van der Waals surface area contributed by atoms with Crippen LogP contribution in [0.1, 0.15) is 28.8 Å². The second-order valence-corrected chi connectivity index (χ2v) is 5.76. The van der Waals surface area contributed by atoms with Gasteiger partial charge in [0.1, 0.15) is 0 Å². The average molecular weight is 275 g/mol. The molecule has 0 unspecified atom stereocenters. The van der Waals surface area contributed by atoms with Crippen molar-refractivity contribution in [3.63, 3.8) is 0 Å². The lowest BCUT2D eigenvalue weighted by Gasteiger charge is -2.29. The summed E-state index contributed by atoms with van der Waals surface area (Å²) in [6.45, 7) is 5.05. The Morgan fingerprint density at radius 2 is 2.05 bits per heavy atom. The quantitative estimate of drug-likeness (QED) is 0.884. The van der Waals surface area contributed by atoms with Crippen molar-refractivity contribution in [1.29, 1.82) is 0 Å². The molecular weight excluding hydrogens is 250 g/mol. The van der Waals surface area contributed by atoms with Gasteiger partial charge in [0.2, 0.25) is 0 Å². The molecule has 0 aromatic heterocycles. The van der Waals surface area contributed by atoms with Gasteiger partial charge in [-0.2, -0.15) is 0 Å². The van der Waals surface area contributed by atoms with Crippen LogP contribution in [0.15, 0.2) is 18.2 Å². The van der Waals surface area contributed by atoms with Crippen LogP contribution >= 0.6 is 0 Å². The van der Waals surface area contributed by atoms with Gasteiger partial charge in [-0.15, -0.1) is 0 Å². The fraction of sp³-hybridized carbons (Fsp3) is 0.562. The van der Waals surface area contributed by atoms with Gasteiger partial charge >= 0.3 is 0 Å². The number of rotatable bonds is 4. The third-order valence-corrected chi connectivity index (χ3v) is 4.08. The van der Waals surface area contributed by atoms with Crippen LogP contribution in [0.2, 0.25) is 0 Å². The minimum absolute atomic E-state index is 0.0250. The van der Waals surface area contributed by atoms with Crippen LogP contribution in [0.5, 0.6) is 0 Å². The maximum absolute atomic E-state index is 12.3. The molecule has 0 aliphatic carbocycles. The van der Waals surface area contributed by atoms with E-state index in [1.54, 1.807) is 0 Å². The molecule has 1 saturated heterocycles. The van der Waals surface area contributed by atoms with E-state index in [0.717, 1.165) is 36.4 Å². The van der Waals surface area contributed by atoms with Gasteiger partial charge in [-0.25, -0.2) is 0 Å². The fourth-order valence-electron chi connectivity index (χ4n) is 2.66. The van der Waals surface area contributed by atoms with E-state index in [-0.39, 0.29) is 5.91 Å². The third-order valence-electron chi connectivity index (χ3n) is 4.08. The van der Waals surface area contributed by atoms with E-state index in [0.29, 0.717) is 5.92 Å². The van der Waals surface area contributed by atoms with Gasteiger partial charge in [-0.05, 0) is 58.0 Å². The van der Waals surface area contributed by atoms with Crippen molar-refractivity contribution >= 4 is 11.6 Å². The number of hydrogen-bond acceptors (Lipinski definition) is 3. The first kappa shape index (κ1) is 14.9. The predicted octanol–water partition coefficient (Wildman–Crippen LogP) is 2.11. The summed E-state index contributed by atoms with van der Waals surface area (Å²) < 4.78 is 0. The van der Waals surface area contributed by atoms with E-state index in [4.69, 9.17) is 0 Å². The number of carbonyl (C=O) groups excluding carboxylic acids is 1. The number of nitrogens with one attached hydrogen (secondary N) is 2. The number of nitrogens with zero attached hydrogens (tertiary/aromatic N) is 1. The molecule has 0 saturated carbocycles. The highest BCUT2D eigenvalue weighted by molar-refractivity contribution is 5.99. The number of amides is 1. The normalized spacial score (nSPS) is 16.9. The molecule has 1 aliphatic rings. The number of carbonyl (C=O) groups is 1. The largest absolute Gasteiger partial charge is 0.387 e. The maximum Gasteiger partial charge on any atom is 0.253 e. The molecule has 0 bridgehead atoms. The Labute approximate surface area is 121 Å². The third kappa shape index (κ3) is 3.73. The fourth-order valence-corrected chi connectivity index (χ4v) is 2.66. The Morgan fingerprint density at radius 1 is 1.35 bits per heavy atom. The number of likely N-dealkylation sites (tertiary alicyclic amines) is 1. The lowest BCUT2D eigenvalue weighted by molar-refractivity contribution is 0.0940. The zero-order valence-corrected chi connectivity index (χ0v) is 12.7. The molecular formula is C16H25N3O. The Balaban J connectivity index is 1.93. The summed E-state index contributed by atoms with van der Waals surface area (Å²) in [5.74, 6) is 0.634. The van der Waals surface area contributed by atoms with E-state index >= 15 is 0 Å². The summed E-state index contributed by atoms with van der Waals surface area (Å²) in [5, 5.41) is 6.17. The molecule has 110 valence electrons. The monoisotopic (exact) mass is 275 g/mol. The summed E-state index contributed by atoms with van der Waals surface area (Å²) >= 11 is 0. The van der Waals surface area contributed by atoms with Gasteiger partial charge in [0.25, 0.3) is 5.91 Å². The number of anilines is 1. The molecule has 1 aromatic carbocycles. The van der Waals surface area contributed by atoms with Crippen LogP contribution in [0, 0.1) is 12.8 Å². The van der Waals surface area contributed by atoms with Crippen molar-refractivity contribution in [3.8, 4) is 0 Å². The maximum atomic E-state index is 12.3. The standard InChI is InChI=1S/C16H25N3O/c1-12-4-5-15(17-2)14(10-12)16(20)18-11-13-6-8-19(3)9-7-13/h4-5,10,13,17H,6-9,11H2,1-3H3,(H,18,20). The first-order valence-electron chi connectivity index (χ1n) is 7.35. The number of aryl methyl sites for hydroxylation is 1. The van der Waals surface area contributed by atoms with Crippen molar-refractivity contribution in [1.82, 2.24) is 10.2 Å². The molecule has 1 heterocycles. The van der Waals surface area contributed by atoms with Crippen LogP contribution in [0.4, 0.5) is 5.69 Å². The molecule has 20 heavy (non-hydrogen) atoms. The lowest BCUT2D eigenvalue weighted by Crippen LogP contribution is -2.37. The van der Waals surface area contributed by atoms with Gasteiger partial charge in [0, 0.05) is 19.3 Å². The Kier molecular flexibility index (Phi) is 5.01. The second-order valence-electron chi connectivity index (χ2n) is 5.76. The molecule has 2 rings (SSSR count). The van der Waals surface area contributed by atoms with Crippen molar-refractivity contribution < 1.29 is 4.79 Å². The molecule has 0 atom stereocenters. The number of piperidine rings is 1. The SMILES string of the molecule is CNc1ccc(C)cc1C(=O)NCC1CCN(C)CC1. The van der Waals surface area contributed by atoms with Crippen LogP contribution in [0.3, 0.4) is 0 Å². The highest BCUT2D eigenvalue weighted by Gasteiger charge is 2.18. The Hall–Kier alpha value is -1.55. The van der Waals surface area contributed by atoms with Crippen LogP contribution < -0.4 is 10.6 Å². The molecule has 4 heteroatoms. The zero-order chi connectivity index (χ0) is 14.5. The zero-order valence-electron chi connectivity index (χ0n) is 12.7. The van der Waals surface area contributed by atoms with Crippen LogP contribution in [0.25, 0.3) is 0 Å². The van der Waals surface area contributed by atoms with E-state index in [1.165, 1.54) is 12.8 Å². The summed E-state index contributed by atoms with van der Waals surface area (Å²) in [7, 11) is 4.00. The average Bonchev–Trinajstić information content (AvgIpc) is 2.46. The molecule has 4 nitrogen and oxygen atoms in total. The molecule has 1 fully saturated rings. The summed E-state index contributed by atoms with van der Waals surface area (Å²) in [5.41, 5.74) is 2.73. The van der Waals surface area contributed by atoms with E-state index < -0.39 is 0 Å². The van der Waals surface area contributed by atoms with E-state index in [2.05, 4.69) is 22.6 Å². The van der Waals surface area contributed by atoms with Crippen molar-refractivity contribution in [2.24, 2.45) is 5.92 Å². The van der Waals surface area contributed by atoms with Gasteiger partial charge in [-0.3, -0.25) is 4.79 Å². The number of benzene rings is 1. The molecule has 2 N–H and O–H groups in total. The Morgan fingerprint density at radius 3 is 2.70 bits per heavy atom. The number of hydrogen-bond donors (Lipinski definition) is 2. The topological polar surface area (TPSA) is 44.4 Å². The molecule has 0 radical (unpaired) electrons. The van der Waals surface area contributed by atoms with Gasteiger partial charge in [-0.1, -0.05) is 11.6 Å². The van der Waals surface area contributed by atoms with Crippen molar-refractivity contribution in [2.75, 3.05) is 39.0 Å². The molecule has 0 spiro atoms. The van der Waals surface area contributed by atoms with Crippen LogP contribution in [-0.4, -0.2) is 44.5 Å². The van der Waals surface area contributed by atoms with E-state index in [1.807, 2.05) is 32.2 Å². The molecule has 1 aromatic rings. The van der Waals surface area contributed by atoms with Crippen molar-refractivity contribution in [3.05, 3.63) is 29.3 Å². The van der Waals surface area contributed by atoms with Gasteiger partial charge in [0.15, 0.2) is 0 Å². The first-order chi connectivity index (χ1) is 9.60. The van der Waals surface area contributed by atoms with Gasteiger partial charge < -0.3 is 15.5 Å². The second kappa shape index (κ2) is 6.75. The summed E-state index contributed by atoms with van der Waals surface area (Å²) in [4.78, 5) is 14.7. The highest BCUT2D eigenvalue weighted by atomic mass is 16.1. The smallest absolute Gasteiger partial charge is 0.253 e. The molecule has 1 aliphatic heterocycles. The van der Waals surface area contributed by atoms with Crippen LogP contribution in [-0.2, 0) is 0 Å². The summed E-state index contributed by atoms with van der Waals surface area (Å²) in [6, 6.07) is 5.91. The highest BCUT2D eigenvalue weighted by Crippen LogP contribution is 2.18.